The van der Waals surface area contributed by atoms with Gasteiger partial charge >= 0.3 is 0 Å². The quantitative estimate of drug-likeness (QED) is 0.514. The van der Waals surface area contributed by atoms with Gasteiger partial charge in [0, 0.05) is 19.8 Å². The summed E-state index contributed by atoms with van der Waals surface area (Å²) in [7, 11) is 3.91. The molecule has 2 aromatic rings. The largest absolute Gasteiger partial charge is 0.508 e. The van der Waals surface area contributed by atoms with E-state index in [1.165, 1.54) is 24.3 Å². The van der Waals surface area contributed by atoms with Gasteiger partial charge in [-0.15, -0.1) is 0 Å². The molecule has 0 saturated heterocycles. The van der Waals surface area contributed by atoms with Gasteiger partial charge in [0.2, 0.25) is 0 Å². The average Bonchev–Trinajstić information content (AvgIpc) is 2.47. The minimum atomic E-state index is -0.361. The Morgan fingerprint density at radius 2 is 1.71 bits per heavy atom. The lowest BCUT2D eigenvalue weighted by Gasteiger charge is -2.11. The first-order chi connectivity index (χ1) is 9.97. The Bertz CT molecular complexity index is 673. The van der Waals surface area contributed by atoms with Gasteiger partial charge in [-0.1, -0.05) is 18.2 Å². The summed E-state index contributed by atoms with van der Waals surface area (Å²) in [5.41, 5.74) is 2.04. The summed E-state index contributed by atoms with van der Waals surface area (Å²) >= 11 is 0. The van der Waals surface area contributed by atoms with Gasteiger partial charge in [0.05, 0.1) is 5.56 Å². The monoisotopic (exact) mass is 283 g/mol. The summed E-state index contributed by atoms with van der Waals surface area (Å²) in [5.74, 6) is -0.564. The highest BCUT2D eigenvalue weighted by atomic mass is 16.3. The maximum Gasteiger partial charge on any atom is 0.189 e. The van der Waals surface area contributed by atoms with Crippen molar-refractivity contribution in [2.24, 2.45) is 0 Å². The Morgan fingerprint density at radius 1 is 1.05 bits per heavy atom. The molecule has 2 rings (SSSR count). The van der Waals surface area contributed by atoms with Crippen LogP contribution in [-0.4, -0.2) is 30.1 Å². The van der Waals surface area contributed by atoms with Gasteiger partial charge in [0.25, 0.3) is 0 Å². The van der Waals surface area contributed by atoms with Crippen LogP contribution in [0.5, 0.6) is 11.5 Å². The van der Waals surface area contributed by atoms with Gasteiger partial charge in [-0.25, -0.2) is 0 Å². The zero-order valence-electron chi connectivity index (χ0n) is 11.9. The normalized spacial score (nSPS) is 10.8. The summed E-state index contributed by atoms with van der Waals surface area (Å²) in [4.78, 5) is 14.0. The predicted octanol–water partition coefficient (Wildman–Crippen LogP) is 3.06. The molecule has 0 unspecified atom stereocenters. The SMILES string of the molecule is CN(C)c1ccc(/C=C/C(=O)c2cc(O)ccc2O)cc1. The van der Waals surface area contributed by atoms with Crippen molar-refractivity contribution in [2.75, 3.05) is 19.0 Å². The molecular weight excluding hydrogens is 266 g/mol. The second kappa shape index (κ2) is 6.13. The fourth-order valence-corrected chi connectivity index (χ4v) is 1.87. The minimum absolute atomic E-state index is 0.0557. The molecule has 0 fully saturated rings. The van der Waals surface area contributed by atoms with Crippen molar-refractivity contribution >= 4 is 17.5 Å². The molecule has 2 N–H and O–H groups in total. The Balaban J connectivity index is 2.16. The van der Waals surface area contributed by atoms with E-state index in [4.69, 9.17) is 0 Å². The zero-order valence-corrected chi connectivity index (χ0v) is 11.9. The molecule has 0 radical (unpaired) electrons. The van der Waals surface area contributed by atoms with Crippen molar-refractivity contribution in [3.8, 4) is 11.5 Å². The number of carbonyl (C=O) groups excluding carboxylic acids is 1. The van der Waals surface area contributed by atoms with Crippen molar-refractivity contribution < 1.29 is 15.0 Å². The number of nitrogens with zero attached hydrogens (tertiary/aromatic N) is 1. The second-order valence-corrected chi connectivity index (χ2v) is 4.88. The van der Waals surface area contributed by atoms with E-state index in [2.05, 4.69) is 0 Å². The van der Waals surface area contributed by atoms with Crippen LogP contribution in [-0.2, 0) is 0 Å². The van der Waals surface area contributed by atoms with Crippen molar-refractivity contribution in [1.29, 1.82) is 0 Å². The molecule has 0 heterocycles. The van der Waals surface area contributed by atoms with Crippen LogP contribution in [0.3, 0.4) is 0 Å². The Kier molecular flexibility index (Phi) is 4.28. The smallest absolute Gasteiger partial charge is 0.189 e. The number of hydrogen-bond acceptors (Lipinski definition) is 4. The number of ketones is 1. The lowest BCUT2D eigenvalue weighted by molar-refractivity contribution is 0.104. The molecule has 0 spiro atoms. The third-order valence-corrected chi connectivity index (χ3v) is 3.08. The minimum Gasteiger partial charge on any atom is -0.508 e. The van der Waals surface area contributed by atoms with Crippen LogP contribution >= 0.6 is 0 Å². The summed E-state index contributed by atoms with van der Waals surface area (Å²) in [6, 6.07) is 11.6. The van der Waals surface area contributed by atoms with Gasteiger partial charge < -0.3 is 15.1 Å². The van der Waals surface area contributed by atoms with Crippen LogP contribution < -0.4 is 4.90 Å². The fraction of sp³-hybridized carbons (Fsp3) is 0.118. The Labute approximate surface area is 123 Å². The number of phenols is 2. The van der Waals surface area contributed by atoms with Gasteiger partial charge in [-0.3, -0.25) is 4.79 Å². The highest BCUT2D eigenvalue weighted by Gasteiger charge is 2.08. The van der Waals surface area contributed by atoms with Crippen LogP contribution in [0.15, 0.2) is 48.5 Å². The molecule has 0 aromatic heterocycles. The van der Waals surface area contributed by atoms with E-state index in [9.17, 15) is 15.0 Å². The third kappa shape index (κ3) is 3.63. The standard InChI is InChI=1S/C17H17NO3/c1-18(2)13-6-3-12(4-7-13)5-9-16(20)15-11-14(19)8-10-17(15)21/h3-11,19,21H,1-2H3/b9-5+. The first-order valence-corrected chi connectivity index (χ1v) is 6.49. The second-order valence-electron chi connectivity index (χ2n) is 4.88. The van der Waals surface area contributed by atoms with E-state index in [1.54, 1.807) is 6.08 Å². The van der Waals surface area contributed by atoms with Crippen LogP contribution in [0.1, 0.15) is 15.9 Å². The molecule has 0 amide bonds. The van der Waals surface area contributed by atoms with E-state index in [0.717, 1.165) is 11.3 Å². The Morgan fingerprint density at radius 3 is 2.33 bits per heavy atom. The molecule has 0 saturated carbocycles. The number of phenolic OH excluding ortho intramolecular Hbond substituents is 2. The van der Waals surface area contributed by atoms with E-state index in [1.807, 2.05) is 43.3 Å². The molecule has 4 heteroatoms. The topological polar surface area (TPSA) is 60.8 Å². The highest BCUT2D eigenvalue weighted by molar-refractivity contribution is 6.08. The lowest BCUT2D eigenvalue weighted by atomic mass is 10.1. The number of benzene rings is 2. The number of allylic oxidation sites excluding steroid dienone is 1. The molecule has 0 atom stereocenters. The van der Waals surface area contributed by atoms with E-state index in [-0.39, 0.29) is 22.8 Å². The highest BCUT2D eigenvalue weighted by Crippen LogP contribution is 2.23. The van der Waals surface area contributed by atoms with Crippen molar-refractivity contribution in [3.05, 3.63) is 59.7 Å². The molecule has 21 heavy (non-hydrogen) atoms. The van der Waals surface area contributed by atoms with E-state index >= 15 is 0 Å². The average molecular weight is 283 g/mol. The molecule has 0 aliphatic rings. The fourth-order valence-electron chi connectivity index (χ4n) is 1.87. The number of rotatable bonds is 4. The number of hydrogen-bond donors (Lipinski definition) is 2. The number of carbonyl (C=O) groups is 1. The predicted molar refractivity (Wildman–Crippen MR) is 83.9 cm³/mol. The first kappa shape index (κ1) is 14.7. The number of anilines is 1. The molecule has 0 bridgehead atoms. The zero-order chi connectivity index (χ0) is 15.4. The van der Waals surface area contributed by atoms with Crippen LogP contribution in [0.4, 0.5) is 5.69 Å². The summed E-state index contributed by atoms with van der Waals surface area (Å²) < 4.78 is 0. The van der Waals surface area contributed by atoms with Gasteiger partial charge in [-0.2, -0.15) is 0 Å². The van der Waals surface area contributed by atoms with Gasteiger partial charge in [0.1, 0.15) is 11.5 Å². The van der Waals surface area contributed by atoms with E-state index in [0.29, 0.717) is 0 Å². The molecule has 4 nitrogen and oxygen atoms in total. The molecule has 2 aromatic carbocycles. The maximum atomic E-state index is 12.0. The third-order valence-electron chi connectivity index (χ3n) is 3.08. The first-order valence-electron chi connectivity index (χ1n) is 6.49. The van der Waals surface area contributed by atoms with Gasteiger partial charge in [-0.05, 0) is 42.0 Å². The van der Waals surface area contributed by atoms with Crippen LogP contribution in [0, 0.1) is 0 Å². The molecule has 0 aliphatic carbocycles. The molecule has 0 aliphatic heterocycles. The van der Waals surface area contributed by atoms with Crippen molar-refractivity contribution in [1.82, 2.24) is 0 Å². The molecule has 108 valence electrons. The van der Waals surface area contributed by atoms with Crippen molar-refractivity contribution in [2.45, 2.75) is 0 Å². The Hall–Kier alpha value is -2.75. The summed E-state index contributed by atoms with van der Waals surface area (Å²) in [6.45, 7) is 0. The van der Waals surface area contributed by atoms with Gasteiger partial charge in [0.15, 0.2) is 5.78 Å². The number of aromatic hydroxyl groups is 2. The van der Waals surface area contributed by atoms with Crippen LogP contribution in [0.25, 0.3) is 6.08 Å². The van der Waals surface area contributed by atoms with E-state index < -0.39 is 0 Å². The van der Waals surface area contributed by atoms with Crippen LogP contribution in [0.2, 0.25) is 0 Å². The van der Waals surface area contributed by atoms with Crippen molar-refractivity contribution in [3.63, 3.8) is 0 Å². The lowest BCUT2D eigenvalue weighted by Crippen LogP contribution is -2.07. The maximum absolute atomic E-state index is 12.0. The summed E-state index contributed by atoms with van der Waals surface area (Å²) in [6.07, 6.45) is 3.05. The molecular formula is C17H17NO3. The summed E-state index contributed by atoms with van der Waals surface area (Å²) in [5, 5.41) is 19.0.